The van der Waals surface area contributed by atoms with Crippen molar-refractivity contribution in [3.8, 4) is 0 Å². The van der Waals surface area contributed by atoms with Crippen molar-refractivity contribution in [3.05, 3.63) is 0 Å². The number of carboxylic acids is 1. The molecule has 0 unspecified atom stereocenters. The average molecular weight is 266 g/mol. The fraction of sp³-hybridized carbons (Fsp3) is 0.941. The van der Waals surface area contributed by atoms with E-state index in [0.717, 1.165) is 44.4 Å². The molecule has 0 atom stereocenters. The molecule has 2 fully saturated rings. The molecule has 2 rings (SSSR count). The number of carbonyl (C=O) groups is 1. The first kappa shape index (κ1) is 14.9. The second-order valence-electron chi connectivity index (χ2n) is 6.90. The van der Waals surface area contributed by atoms with Gasteiger partial charge in [-0.2, -0.15) is 0 Å². The van der Waals surface area contributed by atoms with Crippen LogP contribution in [0.5, 0.6) is 0 Å². The molecular weight excluding hydrogens is 236 g/mol. The van der Waals surface area contributed by atoms with Crippen molar-refractivity contribution in [3.63, 3.8) is 0 Å². The van der Waals surface area contributed by atoms with Crippen LogP contribution in [0.2, 0.25) is 0 Å². The molecule has 0 saturated heterocycles. The van der Waals surface area contributed by atoms with E-state index < -0.39 is 5.97 Å². The third kappa shape index (κ3) is 4.22. The summed E-state index contributed by atoms with van der Waals surface area (Å²) in [5.74, 6) is 0.306. The highest BCUT2D eigenvalue weighted by Gasteiger charge is 2.38. The molecule has 2 nitrogen and oxygen atoms in total. The second-order valence-corrected chi connectivity index (χ2v) is 6.90. The average Bonchev–Trinajstić information content (AvgIpc) is 2.39. The van der Waals surface area contributed by atoms with Crippen LogP contribution in [0.4, 0.5) is 0 Å². The van der Waals surface area contributed by atoms with Crippen LogP contribution in [0.15, 0.2) is 0 Å². The van der Waals surface area contributed by atoms with Crippen molar-refractivity contribution < 1.29 is 9.90 Å². The molecule has 0 aromatic carbocycles. The second kappa shape index (κ2) is 7.31. The van der Waals surface area contributed by atoms with E-state index in [-0.39, 0.29) is 5.41 Å². The van der Waals surface area contributed by atoms with Gasteiger partial charge in [-0.1, -0.05) is 64.2 Å². The summed E-state index contributed by atoms with van der Waals surface area (Å²) in [5.41, 5.74) is -0.377. The van der Waals surface area contributed by atoms with Gasteiger partial charge in [0, 0.05) is 0 Å². The molecule has 0 bridgehead atoms. The van der Waals surface area contributed by atoms with Crippen LogP contribution >= 0.6 is 0 Å². The van der Waals surface area contributed by atoms with E-state index >= 15 is 0 Å². The number of hydrogen-bond donors (Lipinski definition) is 1. The van der Waals surface area contributed by atoms with E-state index in [2.05, 4.69) is 0 Å². The quantitative estimate of drug-likeness (QED) is 0.763. The Bertz CT molecular complexity index is 271. The van der Waals surface area contributed by atoms with Gasteiger partial charge in [-0.05, 0) is 31.6 Å². The molecule has 2 saturated carbocycles. The smallest absolute Gasteiger partial charge is 0.309 e. The van der Waals surface area contributed by atoms with Gasteiger partial charge in [0.1, 0.15) is 0 Å². The fourth-order valence-electron chi connectivity index (χ4n) is 4.11. The minimum Gasteiger partial charge on any atom is -0.481 e. The molecule has 1 N–H and O–H groups in total. The van der Waals surface area contributed by atoms with E-state index in [9.17, 15) is 9.90 Å². The fourth-order valence-corrected chi connectivity index (χ4v) is 4.11. The van der Waals surface area contributed by atoms with Crippen molar-refractivity contribution in [2.45, 2.75) is 89.9 Å². The monoisotopic (exact) mass is 266 g/mol. The third-order valence-corrected chi connectivity index (χ3v) is 5.52. The third-order valence-electron chi connectivity index (χ3n) is 5.52. The SMILES string of the molecule is O=C(O)C1(CCC2CCCCC2)CCCCCCC1. The summed E-state index contributed by atoms with van der Waals surface area (Å²) in [6.45, 7) is 0. The van der Waals surface area contributed by atoms with Gasteiger partial charge >= 0.3 is 5.97 Å². The maximum absolute atomic E-state index is 11.8. The first-order valence-electron chi connectivity index (χ1n) is 8.46. The van der Waals surface area contributed by atoms with Gasteiger partial charge < -0.3 is 5.11 Å². The molecule has 0 amide bonds. The standard InChI is InChI=1S/C17H30O2/c18-16(19)17(12-7-2-1-3-8-13-17)14-11-15-9-5-4-6-10-15/h15H,1-14H2,(H,18,19). The lowest BCUT2D eigenvalue weighted by Gasteiger charge is -2.33. The minimum absolute atomic E-state index is 0.377. The van der Waals surface area contributed by atoms with E-state index in [0.29, 0.717) is 0 Å². The van der Waals surface area contributed by atoms with E-state index in [1.807, 2.05) is 0 Å². The normalized spacial score (nSPS) is 25.5. The van der Waals surface area contributed by atoms with Crippen LogP contribution < -0.4 is 0 Å². The lowest BCUT2D eigenvalue weighted by molar-refractivity contribution is -0.151. The van der Waals surface area contributed by atoms with Crippen LogP contribution in [0.3, 0.4) is 0 Å². The maximum atomic E-state index is 11.8. The van der Waals surface area contributed by atoms with Crippen molar-refractivity contribution in [2.75, 3.05) is 0 Å². The number of carboxylic acid groups (broad SMARTS) is 1. The van der Waals surface area contributed by atoms with Gasteiger partial charge in [0.05, 0.1) is 5.41 Å². The number of aliphatic carboxylic acids is 1. The summed E-state index contributed by atoms with van der Waals surface area (Å²) < 4.78 is 0. The molecule has 0 aliphatic heterocycles. The van der Waals surface area contributed by atoms with Crippen molar-refractivity contribution in [2.24, 2.45) is 11.3 Å². The Morgan fingerprint density at radius 2 is 1.42 bits per heavy atom. The Labute approximate surface area is 118 Å². The largest absolute Gasteiger partial charge is 0.481 e. The van der Waals surface area contributed by atoms with Gasteiger partial charge in [0.2, 0.25) is 0 Å². The highest BCUT2D eigenvalue weighted by molar-refractivity contribution is 5.74. The molecule has 0 heterocycles. The van der Waals surface area contributed by atoms with E-state index in [1.54, 1.807) is 0 Å². The Kier molecular flexibility index (Phi) is 5.72. The lowest BCUT2D eigenvalue weighted by atomic mass is 9.71. The van der Waals surface area contributed by atoms with E-state index in [4.69, 9.17) is 0 Å². The Morgan fingerprint density at radius 3 is 2.00 bits per heavy atom. The lowest BCUT2D eigenvalue weighted by Crippen LogP contribution is -2.32. The van der Waals surface area contributed by atoms with Crippen LogP contribution in [0.25, 0.3) is 0 Å². The predicted octanol–water partition coefficient (Wildman–Crippen LogP) is 5.16. The van der Waals surface area contributed by atoms with Crippen LogP contribution in [-0.2, 0) is 4.79 Å². The van der Waals surface area contributed by atoms with Crippen molar-refractivity contribution >= 4 is 5.97 Å². The van der Waals surface area contributed by atoms with Gasteiger partial charge in [-0.15, -0.1) is 0 Å². The highest BCUT2D eigenvalue weighted by Crippen LogP contribution is 2.41. The molecule has 110 valence electrons. The van der Waals surface area contributed by atoms with Gasteiger partial charge in [0.15, 0.2) is 0 Å². The topological polar surface area (TPSA) is 37.3 Å². The van der Waals surface area contributed by atoms with Crippen LogP contribution in [0, 0.1) is 11.3 Å². The zero-order chi connectivity index (χ0) is 13.6. The number of rotatable bonds is 4. The molecule has 0 aromatic rings. The Morgan fingerprint density at radius 1 is 0.895 bits per heavy atom. The van der Waals surface area contributed by atoms with Crippen LogP contribution in [-0.4, -0.2) is 11.1 Å². The molecular formula is C17H30O2. The maximum Gasteiger partial charge on any atom is 0.309 e. The molecule has 0 radical (unpaired) electrons. The Balaban J connectivity index is 1.90. The van der Waals surface area contributed by atoms with Crippen LogP contribution in [0.1, 0.15) is 89.9 Å². The first-order valence-corrected chi connectivity index (χ1v) is 8.46. The summed E-state index contributed by atoms with van der Waals surface area (Å²) in [7, 11) is 0. The predicted molar refractivity (Wildman–Crippen MR) is 78.2 cm³/mol. The molecule has 0 aromatic heterocycles. The summed E-state index contributed by atoms with van der Waals surface area (Å²) >= 11 is 0. The summed E-state index contributed by atoms with van der Waals surface area (Å²) in [6.07, 6.45) is 16.8. The zero-order valence-corrected chi connectivity index (χ0v) is 12.3. The molecule has 19 heavy (non-hydrogen) atoms. The molecule has 2 aliphatic rings. The minimum atomic E-state index is -0.509. The van der Waals surface area contributed by atoms with Gasteiger partial charge in [-0.3, -0.25) is 4.79 Å². The summed E-state index contributed by atoms with van der Waals surface area (Å²) in [5, 5.41) is 9.74. The highest BCUT2D eigenvalue weighted by atomic mass is 16.4. The summed E-state index contributed by atoms with van der Waals surface area (Å²) in [6, 6.07) is 0. The van der Waals surface area contributed by atoms with Gasteiger partial charge in [-0.25, -0.2) is 0 Å². The van der Waals surface area contributed by atoms with Gasteiger partial charge in [0.25, 0.3) is 0 Å². The molecule has 0 spiro atoms. The molecule has 2 aliphatic carbocycles. The van der Waals surface area contributed by atoms with Crippen molar-refractivity contribution in [1.82, 2.24) is 0 Å². The number of hydrogen-bond acceptors (Lipinski definition) is 1. The first-order chi connectivity index (χ1) is 9.23. The molecule has 2 heteroatoms. The van der Waals surface area contributed by atoms with Crippen molar-refractivity contribution in [1.29, 1.82) is 0 Å². The van der Waals surface area contributed by atoms with E-state index in [1.165, 1.54) is 51.4 Å². The Hall–Kier alpha value is -0.530. The zero-order valence-electron chi connectivity index (χ0n) is 12.3. The summed E-state index contributed by atoms with van der Waals surface area (Å²) in [4.78, 5) is 11.8.